The fourth-order valence-electron chi connectivity index (χ4n) is 2.46. The summed E-state index contributed by atoms with van der Waals surface area (Å²) in [5.74, 6) is 1.25. The maximum Gasteiger partial charge on any atom is 0.256 e. The number of benzene rings is 1. The normalized spacial score (nSPS) is 11.1. The minimum atomic E-state index is -0.154. The third-order valence-electron chi connectivity index (χ3n) is 3.85. The molecule has 3 rings (SSSR count). The quantitative estimate of drug-likeness (QED) is 0.600. The lowest BCUT2D eigenvalue weighted by Crippen LogP contribution is -2.18. The van der Waals surface area contributed by atoms with Crippen molar-refractivity contribution in [1.82, 2.24) is 19.8 Å². The molecular formula is C19H23N5O2S. The molecule has 0 radical (unpaired) electrons. The van der Waals surface area contributed by atoms with Crippen molar-refractivity contribution in [3.63, 3.8) is 0 Å². The van der Waals surface area contributed by atoms with E-state index in [-0.39, 0.29) is 5.91 Å². The van der Waals surface area contributed by atoms with Gasteiger partial charge in [0.15, 0.2) is 0 Å². The maximum absolute atomic E-state index is 12.7. The number of thioether (sulfide) groups is 1. The third kappa shape index (κ3) is 5.45. The third-order valence-corrected chi connectivity index (χ3v) is 4.94. The first-order chi connectivity index (χ1) is 13.0. The molecule has 7 nitrogen and oxygen atoms in total. The summed E-state index contributed by atoms with van der Waals surface area (Å²) in [6.45, 7) is 3.54. The van der Waals surface area contributed by atoms with Gasteiger partial charge in [-0.05, 0) is 33.2 Å². The van der Waals surface area contributed by atoms with Gasteiger partial charge >= 0.3 is 0 Å². The molecule has 0 spiro atoms. The molecule has 2 aromatic heterocycles. The molecule has 2 heterocycles. The summed E-state index contributed by atoms with van der Waals surface area (Å²) in [4.78, 5) is 15.7. The van der Waals surface area contributed by atoms with Crippen LogP contribution in [0.4, 0.5) is 5.69 Å². The Morgan fingerprint density at radius 3 is 2.89 bits per heavy atom. The molecule has 27 heavy (non-hydrogen) atoms. The molecule has 0 bridgehead atoms. The van der Waals surface area contributed by atoms with Crippen molar-refractivity contribution < 1.29 is 9.32 Å². The van der Waals surface area contributed by atoms with Crippen molar-refractivity contribution in [2.24, 2.45) is 0 Å². The Balaban J connectivity index is 1.64. The average molecular weight is 385 g/mol. The molecule has 1 amide bonds. The Hall–Kier alpha value is -2.58. The zero-order valence-corrected chi connectivity index (χ0v) is 16.5. The smallest absolute Gasteiger partial charge is 0.256 e. The monoisotopic (exact) mass is 385 g/mol. The van der Waals surface area contributed by atoms with Gasteiger partial charge in [0.25, 0.3) is 5.91 Å². The second-order valence-electron chi connectivity index (χ2n) is 6.47. The summed E-state index contributed by atoms with van der Waals surface area (Å²) in [6.07, 6.45) is 3.51. The van der Waals surface area contributed by atoms with Gasteiger partial charge < -0.3 is 14.7 Å². The van der Waals surface area contributed by atoms with Crippen LogP contribution in [0.5, 0.6) is 0 Å². The maximum atomic E-state index is 12.7. The fourth-order valence-corrected chi connectivity index (χ4v) is 3.39. The van der Waals surface area contributed by atoms with Crippen LogP contribution in [0, 0.1) is 6.92 Å². The lowest BCUT2D eigenvalue weighted by molar-refractivity contribution is 0.102. The predicted octanol–water partition coefficient (Wildman–Crippen LogP) is 3.29. The van der Waals surface area contributed by atoms with Crippen LogP contribution >= 0.6 is 11.8 Å². The van der Waals surface area contributed by atoms with Gasteiger partial charge in [-0.3, -0.25) is 9.48 Å². The fraction of sp³-hybridized carbons (Fsp3) is 0.316. The largest absolute Gasteiger partial charge is 0.360 e. The van der Waals surface area contributed by atoms with E-state index in [0.717, 1.165) is 29.4 Å². The summed E-state index contributed by atoms with van der Waals surface area (Å²) >= 11 is 1.55. The molecule has 1 aromatic carbocycles. The molecule has 0 saturated heterocycles. The summed E-state index contributed by atoms with van der Waals surface area (Å²) in [6, 6.07) is 9.43. The Morgan fingerprint density at radius 1 is 1.33 bits per heavy atom. The van der Waals surface area contributed by atoms with Crippen molar-refractivity contribution in [2.75, 3.05) is 26.0 Å². The first-order valence-corrected chi connectivity index (χ1v) is 9.62. The molecule has 3 aromatic rings. The number of rotatable bonds is 8. The highest BCUT2D eigenvalue weighted by Gasteiger charge is 2.13. The van der Waals surface area contributed by atoms with E-state index in [9.17, 15) is 4.79 Å². The zero-order valence-electron chi connectivity index (χ0n) is 15.7. The van der Waals surface area contributed by atoms with Crippen LogP contribution in [0.1, 0.15) is 21.8 Å². The number of amides is 1. The van der Waals surface area contributed by atoms with Gasteiger partial charge in [-0.25, -0.2) is 0 Å². The Labute approximate surface area is 162 Å². The number of carbonyl (C=O) groups is 1. The van der Waals surface area contributed by atoms with Gasteiger partial charge in [-0.1, -0.05) is 17.3 Å². The Bertz CT molecular complexity index is 903. The number of nitrogens with zero attached hydrogens (tertiary/aromatic N) is 4. The second-order valence-corrected chi connectivity index (χ2v) is 7.49. The lowest BCUT2D eigenvalue weighted by atomic mass is 10.2. The van der Waals surface area contributed by atoms with Crippen molar-refractivity contribution in [1.29, 1.82) is 0 Å². The van der Waals surface area contributed by atoms with Crippen molar-refractivity contribution >= 4 is 23.4 Å². The van der Waals surface area contributed by atoms with E-state index in [4.69, 9.17) is 4.52 Å². The highest BCUT2D eigenvalue weighted by Crippen LogP contribution is 2.27. The number of hydrogen-bond acceptors (Lipinski definition) is 6. The van der Waals surface area contributed by atoms with Gasteiger partial charge in [0.1, 0.15) is 5.76 Å². The highest BCUT2D eigenvalue weighted by molar-refractivity contribution is 7.98. The van der Waals surface area contributed by atoms with E-state index in [1.165, 1.54) is 0 Å². The molecule has 0 unspecified atom stereocenters. The zero-order chi connectivity index (χ0) is 19.2. The molecule has 0 fully saturated rings. The molecule has 8 heteroatoms. The summed E-state index contributed by atoms with van der Waals surface area (Å²) in [5.41, 5.74) is 2.16. The van der Waals surface area contributed by atoms with Crippen molar-refractivity contribution in [2.45, 2.75) is 24.1 Å². The summed E-state index contributed by atoms with van der Waals surface area (Å²) in [7, 11) is 4.03. The van der Waals surface area contributed by atoms with Gasteiger partial charge in [0.2, 0.25) is 0 Å². The number of carbonyl (C=O) groups excluding carboxylic acids is 1. The van der Waals surface area contributed by atoms with Crippen LogP contribution in [-0.2, 0) is 12.3 Å². The van der Waals surface area contributed by atoms with Crippen LogP contribution in [0.3, 0.4) is 0 Å². The number of anilines is 1. The van der Waals surface area contributed by atoms with E-state index in [1.807, 2.05) is 62.2 Å². The van der Waals surface area contributed by atoms with E-state index < -0.39 is 0 Å². The molecule has 142 valence electrons. The molecule has 0 aliphatic heterocycles. The van der Waals surface area contributed by atoms with E-state index >= 15 is 0 Å². The number of nitrogens with one attached hydrogen (secondary N) is 1. The first kappa shape index (κ1) is 19.2. The molecule has 0 aliphatic carbocycles. The molecule has 0 aliphatic rings. The molecule has 0 saturated carbocycles. The summed E-state index contributed by atoms with van der Waals surface area (Å²) in [5, 5.41) is 11.1. The standard InChI is InChI=1S/C19H23N5O2S/c1-14-10-16(26-22-14)13-27-18-7-5-4-6-17(18)19(25)21-15-11-20-24(12-15)9-8-23(2)3/h4-7,10-12H,8-9,13H2,1-3H3,(H,21,25). The number of aromatic nitrogens is 3. The SMILES string of the molecule is Cc1cc(CSc2ccccc2C(=O)Nc2cnn(CCN(C)C)c2)on1. The first-order valence-electron chi connectivity index (χ1n) is 8.64. The molecule has 1 N–H and O–H groups in total. The summed E-state index contributed by atoms with van der Waals surface area (Å²) < 4.78 is 7.06. The van der Waals surface area contributed by atoms with Crippen LogP contribution in [0.25, 0.3) is 0 Å². The lowest BCUT2D eigenvalue weighted by Gasteiger charge is -2.09. The van der Waals surface area contributed by atoms with Gasteiger partial charge in [-0.2, -0.15) is 5.10 Å². The van der Waals surface area contributed by atoms with Crippen LogP contribution < -0.4 is 5.32 Å². The van der Waals surface area contributed by atoms with Crippen molar-refractivity contribution in [3.8, 4) is 0 Å². The van der Waals surface area contributed by atoms with Gasteiger partial charge in [-0.15, -0.1) is 11.8 Å². The van der Waals surface area contributed by atoms with E-state index in [2.05, 4.69) is 20.5 Å². The predicted molar refractivity (Wildman–Crippen MR) is 106 cm³/mol. The molecule has 0 atom stereocenters. The minimum Gasteiger partial charge on any atom is -0.360 e. The van der Waals surface area contributed by atoms with Crippen LogP contribution in [-0.4, -0.2) is 46.4 Å². The van der Waals surface area contributed by atoms with E-state index in [1.54, 1.807) is 18.0 Å². The minimum absolute atomic E-state index is 0.154. The molecular weight excluding hydrogens is 362 g/mol. The number of aryl methyl sites for hydroxylation is 1. The van der Waals surface area contributed by atoms with Gasteiger partial charge in [0, 0.05) is 23.7 Å². The van der Waals surface area contributed by atoms with Crippen molar-refractivity contribution in [3.05, 3.63) is 59.7 Å². The van der Waals surface area contributed by atoms with E-state index in [0.29, 0.717) is 17.0 Å². The Morgan fingerprint density at radius 2 is 2.15 bits per heavy atom. The highest BCUT2D eigenvalue weighted by atomic mass is 32.2. The average Bonchev–Trinajstić information content (AvgIpc) is 3.27. The number of likely N-dealkylation sites (N-methyl/N-ethyl adjacent to an activating group) is 1. The Kier molecular flexibility index (Phi) is 6.31. The van der Waals surface area contributed by atoms with Gasteiger partial charge in [0.05, 0.1) is 35.4 Å². The topological polar surface area (TPSA) is 76.2 Å². The second kappa shape index (κ2) is 8.88. The van der Waals surface area contributed by atoms with Crippen LogP contribution in [0.15, 0.2) is 52.1 Å². The number of hydrogen-bond donors (Lipinski definition) is 1. The van der Waals surface area contributed by atoms with Crippen LogP contribution in [0.2, 0.25) is 0 Å².